The van der Waals surface area contributed by atoms with Gasteiger partial charge in [-0.3, -0.25) is 4.99 Å². The van der Waals surface area contributed by atoms with Crippen LogP contribution in [0.5, 0.6) is 0 Å². The topological polar surface area (TPSA) is 49.7 Å². The van der Waals surface area contributed by atoms with Gasteiger partial charge in [0.05, 0.1) is 23.6 Å². The first kappa shape index (κ1) is 18.6. The Balaban J connectivity index is 1.64. The smallest absolute Gasteiger partial charge is 0.164 e. The van der Waals surface area contributed by atoms with Crippen molar-refractivity contribution >= 4 is 32.5 Å². The van der Waals surface area contributed by atoms with Crippen LogP contribution in [0.1, 0.15) is 22.3 Å². The lowest BCUT2D eigenvalue weighted by molar-refractivity contribution is 0.601. The Morgan fingerprint density at radius 1 is 1.07 bits per heavy atom. The van der Waals surface area contributed by atoms with Gasteiger partial charge in [-0.2, -0.15) is 0 Å². The fraction of sp³-hybridized carbons (Fsp3) is 0.381. The van der Waals surface area contributed by atoms with Crippen molar-refractivity contribution in [3.05, 3.63) is 64.7 Å². The van der Waals surface area contributed by atoms with Gasteiger partial charge in [-0.25, -0.2) is 8.42 Å². The van der Waals surface area contributed by atoms with E-state index in [0.717, 1.165) is 16.6 Å². The van der Waals surface area contributed by atoms with Crippen molar-refractivity contribution in [2.75, 3.05) is 16.4 Å². The van der Waals surface area contributed by atoms with Crippen LogP contribution in [0.4, 0.5) is 5.69 Å². The van der Waals surface area contributed by atoms with Crippen molar-refractivity contribution in [2.24, 2.45) is 4.99 Å². The van der Waals surface area contributed by atoms with Crippen molar-refractivity contribution in [1.82, 2.24) is 0 Å². The van der Waals surface area contributed by atoms with Gasteiger partial charge in [0.1, 0.15) is 0 Å². The second kappa shape index (κ2) is 6.99. The number of amidine groups is 1. The number of aliphatic imine (C=N–C) groups is 1. The molecule has 6 heteroatoms. The number of benzene rings is 2. The summed E-state index contributed by atoms with van der Waals surface area (Å²) >= 11 is 1.70. The molecule has 4 rings (SSSR count). The molecule has 2 aliphatic rings. The molecule has 1 saturated heterocycles. The molecule has 0 bridgehead atoms. The van der Waals surface area contributed by atoms with Crippen molar-refractivity contribution in [1.29, 1.82) is 0 Å². The highest BCUT2D eigenvalue weighted by molar-refractivity contribution is 8.13. The third-order valence-electron chi connectivity index (χ3n) is 5.33. The maximum absolute atomic E-state index is 12.2. The molecule has 2 atom stereocenters. The van der Waals surface area contributed by atoms with E-state index in [4.69, 9.17) is 4.99 Å². The van der Waals surface area contributed by atoms with Crippen LogP contribution in [-0.2, 0) is 15.6 Å². The van der Waals surface area contributed by atoms with Crippen LogP contribution in [0.2, 0.25) is 0 Å². The zero-order chi connectivity index (χ0) is 19.2. The van der Waals surface area contributed by atoms with Gasteiger partial charge in [0, 0.05) is 11.4 Å². The zero-order valence-electron chi connectivity index (χ0n) is 15.8. The minimum Gasteiger partial charge on any atom is -0.315 e. The summed E-state index contributed by atoms with van der Waals surface area (Å²) in [7, 11) is -3.02. The molecule has 0 aromatic heterocycles. The normalized spacial score (nSPS) is 23.4. The SMILES string of the molecule is Cc1cccc(CSC2=N[C@H]3CS(=O)(=O)C[C@H]3N2c2ccc(C)c(C)c2)c1. The molecule has 0 unspecified atom stereocenters. The van der Waals surface area contributed by atoms with Crippen molar-refractivity contribution < 1.29 is 8.42 Å². The monoisotopic (exact) mass is 400 g/mol. The third-order valence-corrected chi connectivity index (χ3v) is 8.06. The predicted molar refractivity (Wildman–Crippen MR) is 115 cm³/mol. The van der Waals surface area contributed by atoms with Gasteiger partial charge >= 0.3 is 0 Å². The van der Waals surface area contributed by atoms with Gasteiger partial charge in [-0.15, -0.1) is 0 Å². The van der Waals surface area contributed by atoms with Crippen LogP contribution in [0.3, 0.4) is 0 Å². The minimum atomic E-state index is -3.02. The molecule has 4 nitrogen and oxygen atoms in total. The summed E-state index contributed by atoms with van der Waals surface area (Å²) in [6.45, 7) is 6.28. The highest BCUT2D eigenvalue weighted by Gasteiger charge is 2.47. The Morgan fingerprint density at radius 2 is 1.89 bits per heavy atom. The molecule has 2 heterocycles. The van der Waals surface area contributed by atoms with Gasteiger partial charge in [-0.1, -0.05) is 47.7 Å². The quantitative estimate of drug-likeness (QED) is 0.784. The van der Waals surface area contributed by atoms with Crippen LogP contribution in [0, 0.1) is 20.8 Å². The molecule has 0 N–H and O–H groups in total. The summed E-state index contributed by atoms with van der Waals surface area (Å²) < 4.78 is 24.3. The molecule has 27 heavy (non-hydrogen) atoms. The number of anilines is 1. The first-order chi connectivity index (χ1) is 12.8. The molecule has 0 spiro atoms. The summed E-state index contributed by atoms with van der Waals surface area (Å²) in [5.74, 6) is 1.17. The van der Waals surface area contributed by atoms with Gasteiger partial charge in [0.2, 0.25) is 0 Å². The molecule has 2 aliphatic heterocycles. The van der Waals surface area contributed by atoms with E-state index in [1.54, 1.807) is 11.8 Å². The lowest BCUT2D eigenvalue weighted by Crippen LogP contribution is -2.39. The lowest BCUT2D eigenvalue weighted by atomic mass is 10.1. The molecule has 0 aliphatic carbocycles. The number of thioether (sulfide) groups is 1. The summed E-state index contributed by atoms with van der Waals surface area (Å²) in [4.78, 5) is 6.97. The molecular weight excluding hydrogens is 376 g/mol. The van der Waals surface area contributed by atoms with Crippen LogP contribution < -0.4 is 4.90 Å². The maximum atomic E-state index is 12.2. The molecule has 1 fully saturated rings. The van der Waals surface area contributed by atoms with Crippen LogP contribution in [-0.4, -0.2) is 37.2 Å². The van der Waals surface area contributed by atoms with Gasteiger partial charge in [-0.05, 0) is 49.6 Å². The summed E-state index contributed by atoms with van der Waals surface area (Å²) in [5.41, 5.74) is 5.99. The molecule has 0 radical (unpaired) electrons. The average molecular weight is 401 g/mol. The first-order valence-corrected chi connectivity index (χ1v) is 12.0. The van der Waals surface area contributed by atoms with E-state index in [0.29, 0.717) is 0 Å². The van der Waals surface area contributed by atoms with E-state index in [9.17, 15) is 8.42 Å². The number of aryl methyl sites for hydroxylation is 3. The number of hydrogen-bond acceptors (Lipinski definition) is 5. The summed E-state index contributed by atoms with van der Waals surface area (Å²) in [6.07, 6.45) is 0. The van der Waals surface area contributed by atoms with Gasteiger partial charge in [0.25, 0.3) is 0 Å². The second-order valence-electron chi connectivity index (χ2n) is 7.54. The fourth-order valence-corrected chi connectivity index (χ4v) is 6.67. The molecule has 2 aromatic carbocycles. The van der Waals surface area contributed by atoms with E-state index >= 15 is 0 Å². The fourth-order valence-electron chi connectivity index (χ4n) is 3.76. The van der Waals surface area contributed by atoms with Crippen LogP contribution in [0.15, 0.2) is 47.5 Å². The maximum Gasteiger partial charge on any atom is 0.164 e. The largest absolute Gasteiger partial charge is 0.315 e. The number of fused-ring (bicyclic) bond motifs is 1. The lowest BCUT2D eigenvalue weighted by Gasteiger charge is -2.27. The number of rotatable bonds is 3. The van der Waals surface area contributed by atoms with E-state index in [-0.39, 0.29) is 23.6 Å². The van der Waals surface area contributed by atoms with E-state index in [1.807, 2.05) is 0 Å². The van der Waals surface area contributed by atoms with Crippen LogP contribution >= 0.6 is 11.8 Å². The first-order valence-electron chi connectivity index (χ1n) is 9.15. The van der Waals surface area contributed by atoms with Crippen LogP contribution in [0.25, 0.3) is 0 Å². The molecule has 0 amide bonds. The minimum absolute atomic E-state index is 0.0860. The van der Waals surface area contributed by atoms with Crippen molar-refractivity contribution in [2.45, 2.75) is 38.6 Å². The zero-order valence-corrected chi connectivity index (χ0v) is 17.5. The Labute approximate surface area is 165 Å². The molecule has 142 valence electrons. The Bertz CT molecular complexity index is 1010. The Morgan fingerprint density at radius 3 is 2.63 bits per heavy atom. The number of hydrogen-bond donors (Lipinski definition) is 0. The predicted octanol–water partition coefficient (Wildman–Crippen LogP) is 3.89. The van der Waals surface area contributed by atoms with Gasteiger partial charge in [0.15, 0.2) is 15.0 Å². The molecular formula is C21H24N2O2S2. The highest BCUT2D eigenvalue weighted by Crippen LogP contribution is 2.36. The Hall–Kier alpha value is -1.79. The van der Waals surface area contributed by atoms with Gasteiger partial charge < -0.3 is 4.90 Å². The van der Waals surface area contributed by atoms with Crippen molar-refractivity contribution in [3.8, 4) is 0 Å². The molecule has 2 aromatic rings. The summed E-state index contributed by atoms with van der Waals surface area (Å²) in [5, 5.41) is 0.935. The second-order valence-corrected chi connectivity index (χ2v) is 10.6. The standard InChI is InChI=1S/C21H24N2O2S2/c1-14-5-4-6-17(9-14)11-26-21-22-19-12-27(24,25)13-20(19)23(21)18-8-7-15(2)16(3)10-18/h4-10,19-20H,11-13H2,1-3H3/t19-,20+/m0/s1. The highest BCUT2D eigenvalue weighted by atomic mass is 32.2. The van der Waals surface area contributed by atoms with E-state index < -0.39 is 9.84 Å². The van der Waals surface area contributed by atoms with E-state index in [1.165, 1.54) is 22.3 Å². The van der Waals surface area contributed by atoms with E-state index in [2.05, 4.69) is 68.1 Å². The average Bonchev–Trinajstić information content (AvgIpc) is 3.07. The summed E-state index contributed by atoms with van der Waals surface area (Å²) in [6, 6.07) is 14.6. The van der Waals surface area contributed by atoms with Crippen molar-refractivity contribution in [3.63, 3.8) is 0 Å². The third kappa shape index (κ3) is 3.78. The Kier molecular flexibility index (Phi) is 4.80. The number of nitrogens with zero attached hydrogens (tertiary/aromatic N) is 2. The molecule has 0 saturated carbocycles. The number of sulfone groups is 1.